The number of carbonyl (C=O) groups excluding carboxylic acids is 1. The van der Waals surface area contributed by atoms with Crippen LogP contribution in [0.3, 0.4) is 0 Å². The molecular weight excluding hydrogens is 462 g/mol. The van der Waals surface area contributed by atoms with E-state index in [1.54, 1.807) is 24.3 Å². The molecule has 3 aromatic carbocycles. The van der Waals surface area contributed by atoms with Crippen molar-refractivity contribution in [2.24, 2.45) is 0 Å². The number of carbonyl (C=O) groups is 1. The van der Waals surface area contributed by atoms with E-state index in [2.05, 4.69) is 14.9 Å². The van der Waals surface area contributed by atoms with Crippen molar-refractivity contribution in [3.63, 3.8) is 0 Å². The second-order valence-corrected chi connectivity index (χ2v) is 9.49. The summed E-state index contributed by atoms with van der Waals surface area (Å²) in [6.45, 7) is 1.80. The maximum Gasteiger partial charge on any atom is 0.263 e. The van der Waals surface area contributed by atoms with Gasteiger partial charge in [-0.25, -0.2) is 8.42 Å². The normalized spacial score (nSPS) is 11.3. The topological polar surface area (TPSA) is 87.7 Å². The van der Waals surface area contributed by atoms with Crippen LogP contribution in [0.2, 0.25) is 5.02 Å². The predicted octanol–water partition coefficient (Wildman–Crippen LogP) is 4.01. The fraction of sp³-hybridized carbons (Fsp3) is 0.208. The molecule has 0 aliphatic rings. The molecule has 0 saturated carbocycles. The first-order chi connectivity index (χ1) is 15.8. The van der Waals surface area contributed by atoms with Crippen LogP contribution in [0.25, 0.3) is 0 Å². The first kappa shape index (κ1) is 24.6. The third kappa shape index (κ3) is 6.71. The number of rotatable bonds is 10. The van der Waals surface area contributed by atoms with Crippen LogP contribution in [-0.4, -0.2) is 46.5 Å². The molecule has 0 saturated heterocycles. The van der Waals surface area contributed by atoms with E-state index in [1.165, 1.54) is 30.9 Å². The third-order valence-corrected chi connectivity index (χ3v) is 6.76. The molecule has 0 unspecified atom stereocenters. The van der Waals surface area contributed by atoms with E-state index < -0.39 is 10.0 Å². The second-order valence-electron chi connectivity index (χ2n) is 7.43. The summed E-state index contributed by atoms with van der Waals surface area (Å²) in [5.41, 5.74) is 1.65. The summed E-state index contributed by atoms with van der Waals surface area (Å²) in [6, 6.07) is 20.8. The van der Waals surface area contributed by atoms with Gasteiger partial charge in [-0.3, -0.25) is 9.52 Å². The van der Waals surface area contributed by atoms with Gasteiger partial charge in [0, 0.05) is 25.2 Å². The molecule has 7 nitrogen and oxygen atoms in total. The first-order valence-corrected chi connectivity index (χ1v) is 12.1. The van der Waals surface area contributed by atoms with Gasteiger partial charge in [-0.05, 0) is 42.9 Å². The minimum atomic E-state index is -4.05. The van der Waals surface area contributed by atoms with E-state index in [0.29, 0.717) is 18.8 Å². The molecule has 0 aliphatic heterocycles. The Morgan fingerprint density at radius 1 is 1.03 bits per heavy atom. The van der Waals surface area contributed by atoms with E-state index in [0.717, 1.165) is 6.54 Å². The van der Waals surface area contributed by atoms with Crippen molar-refractivity contribution in [1.82, 2.24) is 10.2 Å². The number of benzene rings is 3. The summed E-state index contributed by atoms with van der Waals surface area (Å²) in [4.78, 5) is 14.5. The minimum Gasteiger partial charge on any atom is -0.495 e. The monoisotopic (exact) mass is 487 g/mol. The lowest BCUT2D eigenvalue weighted by atomic mass is 10.2. The maximum atomic E-state index is 13.0. The van der Waals surface area contributed by atoms with E-state index in [9.17, 15) is 13.2 Å². The quantitative estimate of drug-likeness (QED) is 0.451. The van der Waals surface area contributed by atoms with Crippen LogP contribution in [0.1, 0.15) is 15.9 Å². The Morgan fingerprint density at radius 3 is 2.45 bits per heavy atom. The Morgan fingerprint density at radius 2 is 1.73 bits per heavy atom. The first-order valence-electron chi connectivity index (χ1n) is 10.3. The summed E-state index contributed by atoms with van der Waals surface area (Å²) in [7, 11) is -0.637. The highest BCUT2D eigenvalue weighted by Gasteiger charge is 2.21. The maximum absolute atomic E-state index is 13.0. The molecule has 0 heterocycles. The number of sulfonamides is 1. The minimum absolute atomic E-state index is 0.0107. The van der Waals surface area contributed by atoms with Gasteiger partial charge in [0.05, 0.1) is 17.8 Å². The number of anilines is 1. The molecule has 2 N–H and O–H groups in total. The highest BCUT2D eigenvalue weighted by atomic mass is 35.5. The van der Waals surface area contributed by atoms with Gasteiger partial charge in [-0.1, -0.05) is 54.1 Å². The molecule has 9 heteroatoms. The van der Waals surface area contributed by atoms with Crippen molar-refractivity contribution in [3.05, 3.63) is 88.9 Å². The van der Waals surface area contributed by atoms with Crippen molar-refractivity contribution in [2.45, 2.75) is 11.4 Å². The third-order valence-electron chi connectivity index (χ3n) is 4.91. The summed E-state index contributed by atoms with van der Waals surface area (Å²) < 4.78 is 33.6. The molecule has 0 radical (unpaired) electrons. The number of nitrogens with zero attached hydrogens (tertiary/aromatic N) is 1. The average molecular weight is 488 g/mol. The van der Waals surface area contributed by atoms with E-state index >= 15 is 0 Å². The lowest BCUT2D eigenvalue weighted by Gasteiger charge is -2.17. The molecular formula is C24H26ClN3O4S. The second kappa shape index (κ2) is 11.2. The zero-order chi connectivity index (χ0) is 23.8. The van der Waals surface area contributed by atoms with Crippen LogP contribution in [-0.2, 0) is 16.6 Å². The fourth-order valence-electron chi connectivity index (χ4n) is 3.22. The van der Waals surface area contributed by atoms with E-state index in [4.69, 9.17) is 16.3 Å². The number of methoxy groups -OCH3 is 1. The molecule has 33 heavy (non-hydrogen) atoms. The van der Waals surface area contributed by atoms with Crippen LogP contribution < -0.4 is 14.8 Å². The number of hydrogen-bond acceptors (Lipinski definition) is 5. The lowest BCUT2D eigenvalue weighted by Crippen LogP contribution is -2.32. The molecule has 0 atom stereocenters. The number of hydrogen-bond donors (Lipinski definition) is 2. The Bertz CT molecular complexity index is 1200. The zero-order valence-corrected chi connectivity index (χ0v) is 20.0. The van der Waals surface area contributed by atoms with Gasteiger partial charge in [-0.15, -0.1) is 0 Å². The van der Waals surface area contributed by atoms with Crippen LogP contribution in [0, 0.1) is 0 Å². The van der Waals surface area contributed by atoms with Gasteiger partial charge in [0.2, 0.25) is 0 Å². The highest BCUT2D eigenvalue weighted by Crippen LogP contribution is 2.29. The Kier molecular flexibility index (Phi) is 8.32. The van der Waals surface area contributed by atoms with E-state index in [1.807, 2.05) is 37.4 Å². The van der Waals surface area contributed by atoms with Crippen LogP contribution in [0.5, 0.6) is 5.75 Å². The van der Waals surface area contributed by atoms with Crippen LogP contribution in [0.4, 0.5) is 5.69 Å². The summed E-state index contributed by atoms with van der Waals surface area (Å²) in [6.07, 6.45) is 0. The summed E-state index contributed by atoms with van der Waals surface area (Å²) in [5.74, 6) is -0.0146. The zero-order valence-electron chi connectivity index (χ0n) is 18.4. The standard InChI is InChI=1S/C24H26ClN3O4S/c1-28(17-18-8-4-3-5-9-18)15-14-26-24(29)19-12-13-20(25)23(16-19)33(30,31)27-21-10-6-7-11-22(21)32-2/h3-13,16,27H,14-15,17H2,1-2H3,(H,26,29). The molecule has 3 rings (SSSR count). The Balaban J connectivity index is 1.65. The van der Waals surface area contributed by atoms with Gasteiger partial charge < -0.3 is 15.0 Å². The molecule has 0 aliphatic carbocycles. The van der Waals surface area contributed by atoms with Crippen molar-refractivity contribution in [1.29, 1.82) is 0 Å². The Hall–Kier alpha value is -3.07. The average Bonchev–Trinajstić information content (AvgIpc) is 2.80. The molecule has 0 fully saturated rings. The molecule has 0 spiro atoms. The summed E-state index contributed by atoms with van der Waals surface area (Å²) >= 11 is 6.16. The molecule has 174 valence electrons. The number of nitrogens with one attached hydrogen (secondary N) is 2. The number of likely N-dealkylation sites (N-methyl/N-ethyl adjacent to an activating group) is 1. The smallest absolute Gasteiger partial charge is 0.263 e. The van der Waals surface area contributed by atoms with Crippen LogP contribution in [0.15, 0.2) is 77.7 Å². The van der Waals surface area contributed by atoms with Gasteiger partial charge >= 0.3 is 0 Å². The molecule has 0 bridgehead atoms. The van der Waals surface area contributed by atoms with E-state index in [-0.39, 0.29) is 27.1 Å². The Labute approximate surface area is 199 Å². The SMILES string of the molecule is COc1ccccc1NS(=O)(=O)c1cc(C(=O)NCCN(C)Cc2ccccc2)ccc1Cl. The van der Waals surface area contributed by atoms with Crippen molar-refractivity contribution < 1.29 is 17.9 Å². The number of ether oxygens (including phenoxy) is 1. The fourth-order valence-corrected chi connectivity index (χ4v) is 4.81. The lowest BCUT2D eigenvalue weighted by molar-refractivity contribution is 0.0949. The van der Waals surface area contributed by atoms with Gasteiger partial charge in [0.25, 0.3) is 15.9 Å². The van der Waals surface area contributed by atoms with Crippen molar-refractivity contribution in [2.75, 3.05) is 32.0 Å². The summed E-state index contributed by atoms with van der Waals surface area (Å²) in [5, 5.41) is 2.83. The van der Waals surface area contributed by atoms with Gasteiger partial charge in [0.1, 0.15) is 10.6 Å². The predicted molar refractivity (Wildman–Crippen MR) is 130 cm³/mol. The molecule has 3 aromatic rings. The molecule has 1 amide bonds. The van der Waals surface area contributed by atoms with Gasteiger partial charge in [-0.2, -0.15) is 0 Å². The van der Waals surface area contributed by atoms with Crippen molar-refractivity contribution >= 4 is 33.2 Å². The highest BCUT2D eigenvalue weighted by molar-refractivity contribution is 7.92. The number of halogens is 1. The number of amides is 1. The largest absolute Gasteiger partial charge is 0.495 e. The molecule has 0 aromatic heterocycles. The van der Waals surface area contributed by atoms with Gasteiger partial charge in [0.15, 0.2) is 0 Å². The number of para-hydroxylation sites is 2. The van der Waals surface area contributed by atoms with Crippen molar-refractivity contribution in [3.8, 4) is 5.75 Å². The van der Waals surface area contributed by atoms with Crippen LogP contribution >= 0.6 is 11.6 Å².